The molecule has 0 aliphatic carbocycles. The molecule has 0 N–H and O–H groups in total. The molecule has 2 aromatic carbocycles. The average molecular weight is 420 g/mol. The molecule has 3 heterocycles. The van der Waals surface area contributed by atoms with Crippen molar-refractivity contribution in [1.82, 2.24) is 19.9 Å². The third-order valence-electron chi connectivity index (χ3n) is 5.00. The summed E-state index contributed by atoms with van der Waals surface area (Å²) < 4.78 is 19.4. The van der Waals surface area contributed by atoms with Crippen molar-refractivity contribution in [1.29, 1.82) is 0 Å². The van der Waals surface area contributed by atoms with Gasteiger partial charge in [0.25, 0.3) is 0 Å². The van der Waals surface area contributed by atoms with Crippen LogP contribution in [0.5, 0.6) is 11.5 Å². The van der Waals surface area contributed by atoms with Crippen molar-refractivity contribution in [2.24, 2.45) is 0 Å². The van der Waals surface area contributed by atoms with Gasteiger partial charge in [-0.3, -0.25) is 4.57 Å². The Morgan fingerprint density at radius 1 is 1.00 bits per heavy atom. The van der Waals surface area contributed by atoms with Gasteiger partial charge in [-0.15, -0.1) is 10.2 Å². The van der Waals surface area contributed by atoms with E-state index in [9.17, 15) is 0 Å². The molecule has 1 aliphatic rings. The molecule has 0 saturated heterocycles. The van der Waals surface area contributed by atoms with Gasteiger partial charge in [-0.05, 0) is 38.1 Å². The summed E-state index contributed by atoms with van der Waals surface area (Å²) >= 11 is 1.59. The number of hydrogen-bond acceptors (Lipinski definition) is 7. The van der Waals surface area contributed by atoms with E-state index in [4.69, 9.17) is 14.0 Å². The Morgan fingerprint density at radius 2 is 1.77 bits per heavy atom. The number of ether oxygens (including phenoxy) is 2. The quantitative estimate of drug-likeness (QED) is 0.434. The molecule has 0 spiro atoms. The normalized spacial score (nSPS) is 15.3. The predicted octanol–water partition coefficient (Wildman–Crippen LogP) is 4.68. The molecule has 2 aromatic heterocycles. The topological polar surface area (TPSA) is 75.2 Å². The van der Waals surface area contributed by atoms with Crippen LogP contribution >= 0.6 is 11.8 Å². The van der Waals surface area contributed by atoms with Crippen molar-refractivity contribution in [2.75, 3.05) is 6.61 Å². The van der Waals surface area contributed by atoms with E-state index in [0.717, 1.165) is 33.6 Å². The van der Waals surface area contributed by atoms with Gasteiger partial charge in [-0.2, -0.15) is 0 Å². The Balaban J connectivity index is 1.49. The van der Waals surface area contributed by atoms with Crippen molar-refractivity contribution in [3.05, 3.63) is 77.4 Å². The maximum absolute atomic E-state index is 6.20. The number of nitrogens with zero attached hydrogens (tertiary/aromatic N) is 4. The molecule has 5 rings (SSSR count). The van der Waals surface area contributed by atoms with E-state index in [1.807, 2.05) is 73.0 Å². The zero-order valence-corrected chi connectivity index (χ0v) is 17.4. The van der Waals surface area contributed by atoms with Crippen LogP contribution in [0.2, 0.25) is 0 Å². The lowest BCUT2D eigenvalue weighted by molar-refractivity contribution is 0.0835. The Labute approximate surface area is 178 Å². The number of hydrogen-bond donors (Lipinski definition) is 0. The predicted molar refractivity (Wildman–Crippen MR) is 112 cm³/mol. The highest BCUT2D eigenvalue weighted by atomic mass is 32.2. The van der Waals surface area contributed by atoms with Crippen LogP contribution in [0, 0.1) is 13.8 Å². The Kier molecular flexibility index (Phi) is 4.92. The van der Waals surface area contributed by atoms with Gasteiger partial charge in [0.1, 0.15) is 12.4 Å². The zero-order valence-electron chi connectivity index (χ0n) is 16.6. The van der Waals surface area contributed by atoms with Crippen LogP contribution in [0.15, 0.2) is 64.3 Å². The molecule has 0 amide bonds. The maximum Gasteiger partial charge on any atom is 0.196 e. The first-order valence-corrected chi connectivity index (χ1v) is 10.6. The maximum atomic E-state index is 6.20. The lowest BCUT2D eigenvalue weighted by Gasteiger charge is -2.26. The van der Waals surface area contributed by atoms with E-state index < -0.39 is 0 Å². The standard InChI is InChI=1S/C22H20N4O3S/c1-14-17(15(2)29-25-14)13-30-22-24-23-21(26(22)16-8-4-3-5-9-16)20-12-27-18-10-6-7-11-19(18)28-20/h3-11,20H,12-13H2,1-2H3/t20-/m0/s1. The summed E-state index contributed by atoms with van der Waals surface area (Å²) in [6.45, 7) is 4.24. The molecule has 4 aromatic rings. The third kappa shape index (κ3) is 3.43. The van der Waals surface area contributed by atoms with Crippen LogP contribution in [0.3, 0.4) is 0 Å². The smallest absolute Gasteiger partial charge is 0.196 e. The average Bonchev–Trinajstić information content (AvgIpc) is 3.35. The number of aromatic nitrogens is 4. The first-order chi connectivity index (χ1) is 14.7. The van der Waals surface area contributed by atoms with Gasteiger partial charge < -0.3 is 14.0 Å². The summed E-state index contributed by atoms with van der Waals surface area (Å²) in [6, 6.07) is 17.7. The van der Waals surface area contributed by atoms with Gasteiger partial charge in [0, 0.05) is 17.0 Å². The van der Waals surface area contributed by atoms with Crippen molar-refractivity contribution in [3.63, 3.8) is 0 Å². The zero-order chi connectivity index (χ0) is 20.5. The second kappa shape index (κ2) is 7.87. The molecular formula is C22H20N4O3S. The van der Waals surface area contributed by atoms with Crippen LogP contribution < -0.4 is 9.47 Å². The molecule has 152 valence electrons. The van der Waals surface area contributed by atoms with Crippen LogP contribution in [-0.4, -0.2) is 26.5 Å². The van der Waals surface area contributed by atoms with Gasteiger partial charge in [0.2, 0.25) is 0 Å². The van der Waals surface area contributed by atoms with Crippen molar-refractivity contribution >= 4 is 11.8 Å². The largest absolute Gasteiger partial charge is 0.485 e. The number of rotatable bonds is 5. The van der Waals surface area contributed by atoms with Crippen LogP contribution in [0.25, 0.3) is 5.69 Å². The number of para-hydroxylation sites is 3. The second-order valence-corrected chi connectivity index (χ2v) is 7.91. The van der Waals surface area contributed by atoms with E-state index >= 15 is 0 Å². The van der Waals surface area contributed by atoms with E-state index in [-0.39, 0.29) is 6.10 Å². The minimum absolute atomic E-state index is 0.360. The van der Waals surface area contributed by atoms with Crippen LogP contribution in [0.4, 0.5) is 0 Å². The summed E-state index contributed by atoms with van der Waals surface area (Å²) in [4.78, 5) is 0. The fraction of sp³-hybridized carbons (Fsp3) is 0.227. The van der Waals surface area contributed by atoms with E-state index in [0.29, 0.717) is 23.9 Å². The summed E-state index contributed by atoms with van der Waals surface area (Å²) in [5.41, 5.74) is 2.95. The SMILES string of the molecule is Cc1noc(C)c1CSc1nnc([C@@H]2COc3ccccc3O2)n1-c1ccccc1. The molecule has 8 heteroatoms. The van der Waals surface area contributed by atoms with Crippen molar-refractivity contribution in [3.8, 4) is 17.2 Å². The third-order valence-corrected chi connectivity index (χ3v) is 5.95. The van der Waals surface area contributed by atoms with E-state index in [1.165, 1.54) is 0 Å². The second-order valence-electron chi connectivity index (χ2n) is 6.97. The molecule has 0 radical (unpaired) electrons. The fourth-order valence-electron chi connectivity index (χ4n) is 3.39. The van der Waals surface area contributed by atoms with Gasteiger partial charge in [0.05, 0.1) is 5.69 Å². The summed E-state index contributed by atoms with van der Waals surface area (Å²) in [5, 5.41) is 13.8. The first kappa shape index (κ1) is 18.7. The highest BCUT2D eigenvalue weighted by Crippen LogP contribution is 2.37. The lowest BCUT2D eigenvalue weighted by atomic mass is 10.2. The molecule has 7 nitrogen and oxygen atoms in total. The van der Waals surface area contributed by atoms with Gasteiger partial charge in [0.15, 0.2) is 28.6 Å². The van der Waals surface area contributed by atoms with Gasteiger partial charge in [-0.25, -0.2) is 0 Å². The highest BCUT2D eigenvalue weighted by molar-refractivity contribution is 7.98. The fourth-order valence-corrected chi connectivity index (χ4v) is 4.51. The molecule has 0 bridgehead atoms. The van der Waals surface area contributed by atoms with Gasteiger partial charge >= 0.3 is 0 Å². The monoisotopic (exact) mass is 420 g/mol. The van der Waals surface area contributed by atoms with Crippen molar-refractivity contribution in [2.45, 2.75) is 30.9 Å². The number of aryl methyl sites for hydroxylation is 2. The molecular weight excluding hydrogens is 400 g/mol. The first-order valence-electron chi connectivity index (χ1n) is 9.64. The minimum Gasteiger partial charge on any atom is -0.485 e. The van der Waals surface area contributed by atoms with Gasteiger partial charge in [-0.1, -0.05) is 47.3 Å². The molecule has 0 fully saturated rings. The molecule has 1 atom stereocenters. The van der Waals surface area contributed by atoms with Crippen LogP contribution in [0.1, 0.15) is 28.9 Å². The molecule has 1 aliphatic heterocycles. The Bertz CT molecular complexity index is 1150. The van der Waals surface area contributed by atoms with Crippen LogP contribution in [-0.2, 0) is 5.75 Å². The Morgan fingerprint density at radius 3 is 2.53 bits per heavy atom. The summed E-state index contributed by atoms with van der Waals surface area (Å²) in [6.07, 6.45) is -0.360. The molecule has 0 saturated carbocycles. The van der Waals surface area contributed by atoms with E-state index in [2.05, 4.69) is 15.4 Å². The summed E-state index contributed by atoms with van der Waals surface area (Å²) in [5.74, 6) is 3.68. The highest BCUT2D eigenvalue weighted by Gasteiger charge is 2.29. The minimum atomic E-state index is -0.360. The summed E-state index contributed by atoms with van der Waals surface area (Å²) in [7, 11) is 0. The van der Waals surface area contributed by atoms with E-state index in [1.54, 1.807) is 11.8 Å². The van der Waals surface area contributed by atoms with Crippen molar-refractivity contribution < 1.29 is 14.0 Å². The number of fused-ring (bicyclic) bond motifs is 1. The lowest BCUT2D eigenvalue weighted by Crippen LogP contribution is -2.24. The molecule has 0 unspecified atom stereocenters. The Hall–Kier alpha value is -3.26. The number of thioether (sulfide) groups is 1. The number of benzene rings is 2. The molecule has 30 heavy (non-hydrogen) atoms.